The van der Waals surface area contributed by atoms with Crippen LogP contribution in [0.15, 0.2) is 29.3 Å². The average Bonchev–Trinajstić information content (AvgIpc) is 2.91. The number of benzene rings is 1. The second-order valence-corrected chi connectivity index (χ2v) is 9.20. The summed E-state index contributed by atoms with van der Waals surface area (Å²) >= 11 is 0. The van der Waals surface area contributed by atoms with E-state index in [4.69, 9.17) is 11.5 Å². The van der Waals surface area contributed by atoms with Crippen molar-refractivity contribution in [3.8, 4) is 0 Å². The van der Waals surface area contributed by atoms with E-state index < -0.39 is 66.6 Å². The van der Waals surface area contributed by atoms with Gasteiger partial charge in [-0.25, -0.2) is 0 Å². The predicted octanol–water partition coefficient (Wildman–Crippen LogP) is -2.22. The number of hydrogen-bond donors (Lipinski definition) is 7. The summed E-state index contributed by atoms with van der Waals surface area (Å²) in [6, 6.07) is 2.87. The van der Waals surface area contributed by atoms with Gasteiger partial charge in [0.15, 0.2) is 5.96 Å². The minimum absolute atomic E-state index is 0.0525. The van der Waals surface area contributed by atoms with E-state index in [2.05, 4.69) is 26.3 Å². The summed E-state index contributed by atoms with van der Waals surface area (Å²) in [5.74, 6) is -4.74. The fraction of sp³-hybridized carbons (Fsp3) is 0.480. The third kappa shape index (κ3) is 9.56. The summed E-state index contributed by atoms with van der Waals surface area (Å²) in [5, 5.41) is 19.2. The van der Waals surface area contributed by atoms with E-state index in [1.807, 2.05) is 0 Å². The number of hydrogen-bond acceptors (Lipinski definition) is 7. The number of amides is 5. The van der Waals surface area contributed by atoms with Crippen LogP contribution in [0, 0.1) is 0 Å². The Morgan fingerprint density at radius 1 is 1.05 bits per heavy atom. The summed E-state index contributed by atoms with van der Waals surface area (Å²) in [6.07, 6.45) is -0.0169. The van der Waals surface area contributed by atoms with Gasteiger partial charge in [-0.2, -0.15) is 0 Å². The maximum absolute atomic E-state index is 13.4. The highest BCUT2D eigenvalue weighted by Crippen LogP contribution is 2.12. The lowest BCUT2D eigenvalue weighted by molar-refractivity contribution is -0.141. The number of nitrogens with two attached hydrogens (primary N) is 2. The molecule has 0 spiro atoms. The van der Waals surface area contributed by atoms with Crippen LogP contribution in [-0.4, -0.2) is 89.7 Å². The maximum Gasteiger partial charge on any atom is 0.305 e. The first kappa shape index (κ1) is 31.5. The standard InChI is InChI=1S/C25H36N8O7/c1-3-16-24(40)33(2)18(8-5-9-28-25(26)27)23(39)30-13-19(34)31-17(11-20(35)36)22(38)29-12-14-6-4-7-15(10-14)21(37)32-16/h4,6-7,10,16-18H,3,5,8-9,11-13H2,1-2H3,(H,29,38)(H,30,39)(H,31,34)(H,32,37)(H,35,36)(H4,26,27,28)/t16?,17-,18-/m0/s1. The molecule has 0 saturated carbocycles. The smallest absolute Gasteiger partial charge is 0.305 e. The molecule has 0 aromatic heterocycles. The van der Waals surface area contributed by atoms with E-state index in [0.29, 0.717) is 12.0 Å². The Bertz CT molecular complexity index is 1150. The number of nitrogens with zero attached hydrogens (tertiary/aromatic N) is 2. The predicted molar refractivity (Wildman–Crippen MR) is 143 cm³/mol. The Labute approximate surface area is 231 Å². The molecule has 5 amide bonds. The van der Waals surface area contributed by atoms with Crippen LogP contribution in [0.5, 0.6) is 0 Å². The van der Waals surface area contributed by atoms with E-state index in [1.165, 1.54) is 24.1 Å². The van der Waals surface area contributed by atoms with Crippen LogP contribution in [0.4, 0.5) is 0 Å². The first-order chi connectivity index (χ1) is 18.9. The van der Waals surface area contributed by atoms with E-state index in [0.717, 1.165) is 0 Å². The summed E-state index contributed by atoms with van der Waals surface area (Å²) < 4.78 is 0. The molecule has 218 valence electrons. The fourth-order valence-corrected chi connectivity index (χ4v) is 4.02. The lowest BCUT2D eigenvalue weighted by Gasteiger charge is -2.30. The highest BCUT2D eigenvalue weighted by atomic mass is 16.4. The lowest BCUT2D eigenvalue weighted by Crippen LogP contribution is -2.55. The first-order valence-electron chi connectivity index (χ1n) is 12.7. The van der Waals surface area contributed by atoms with Crippen molar-refractivity contribution >= 4 is 41.5 Å². The lowest BCUT2D eigenvalue weighted by atomic mass is 10.1. The van der Waals surface area contributed by atoms with Crippen LogP contribution < -0.4 is 32.7 Å². The highest BCUT2D eigenvalue weighted by molar-refractivity contribution is 5.99. The van der Waals surface area contributed by atoms with Crippen molar-refractivity contribution in [1.29, 1.82) is 0 Å². The Morgan fingerprint density at radius 3 is 2.40 bits per heavy atom. The Balaban J connectivity index is 2.40. The Hall–Kier alpha value is -4.69. The molecule has 15 heteroatoms. The van der Waals surface area contributed by atoms with Crippen molar-refractivity contribution in [2.75, 3.05) is 20.1 Å². The molecule has 9 N–H and O–H groups in total. The number of aliphatic carboxylic acids is 1. The molecule has 0 saturated heterocycles. The number of carbonyl (C=O) groups excluding carboxylic acids is 5. The summed E-state index contributed by atoms with van der Waals surface area (Å²) in [4.78, 5) is 81.1. The number of carboxylic acid groups (broad SMARTS) is 1. The molecule has 1 unspecified atom stereocenters. The second-order valence-electron chi connectivity index (χ2n) is 9.20. The number of nitrogens with one attached hydrogen (secondary N) is 4. The molecule has 15 nitrogen and oxygen atoms in total. The van der Waals surface area contributed by atoms with E-state index in [-0.39, 0.29) is 37.5 Å². The second kappa shape index (κ2) is 15.0. The SMILES string of the molecule is CCC1NC(=O)c2cccc(c2)CNC(=O)[C@H](CC(=O)O)NC(=O)CNC(=O)[C@H](CCCN=C(N)N)N(C)C1=O. The van der Waals surface area contributed by atoms with Gasteiger partial charge < -0.3 is 42.7 Å². The Morgan fingerprint density at radius 2 is 1.75 bits per heavy atom. The minimum Gasteiger partial charge on any atom is -0.481 e. The van der Waals surface area contributed by atoms with Crippen LogP contribution in [0.3, 0.4) is 0 Å². The number of fused-ring (bicyclic) bond motifs is 2. The van der Waals surface area contributed by atoms with Gasteiger partial charge in [0.2, 0.25) is 23.6 Å². The number of carboxylic acids is 1. The van der Waals surface area contributed by atoms with Crippen LogP contribution in [0.2, 0.25) is 0 Å². The number of guanidine groups is 1. The van der Waals surface area contributed by atoms with Crippen LogP contribution in [0.25, 0.3) is 0 Å². The molecule has 1 aromatic carbocycles. The summed E-state index contributed by atoms with van der Waals surface area (Å²) in [7, 11) is 1.41. The fourth-order valence-electron chi connectivity index (χ4n) is 4.02. The van der Waals surface area contributed by atoms with Crippen molar-refractivity contribution in [3.05, 3.63) is 35.4 Å². The molecule has 0 fully saturated rings. The molecule has 1 aliphatic heterocycles. The minimum atomic E-state index is -1.42. The van der Waals surface area contributed by atoms with Crippen molar-refractivity contribution in [2.24, 2.45) is 16.5 Å². The van der Waals surface area contributed by atoms with Gasteiger partial charge in [-0.3, -0.25) is 33.8 Å². The molecule has 0 radical (unpaired) electrons. The van der Waals surface area contributed by atoms with Gasteiger partial charge in [0.05, 0.1) is 13.0 Å². The van der Waals surface area contributed by atoms with E-state index >= 15 is 0 Å². The van der Waals surface area contributed by atoms with E-state index in [1.54, 1.807) is 19.1 Å². The zero-order valence-corrected chi connectivity index (χ0v) is 22.4. The Kier molecular flexibility index (Phi) is 11.9. The monoisotopic (exact) mass is 560 g/mol. The molecular weight excluding hydrogens is 524 g/mol. The van der Waals surface area contributed by atoms with Gasteiger partial charge in [-0.15, -0.1) is 0 Å². The van der Waals surface area contributed by atoms with Crippen LogP contribution in [0.1, 0.15) is 48.5 Å². The van der Waals surface area contributed by atoms with Gasteiger partial charge in [0.1, 0.15) is 18.1 Å². The highest BCUT2D eigenvalue weighted by Gasteiger charge is 2.32. The van der Waals surface area contributed by atoms with Gasteiger partial charge in [0, 0.05) is 25.7 Å². The number of carbonyl (C=O) groups is 6. The van der Waals surface area contributed by atoms with E-state index in [9.17, 15) is 33.9 Å². The van der Waals surface area contributed by atoms with Crippen LogP contribution >= 0.6 is 0 Å². The van der Waals surface area contributed by atoms with Crippen molar-refractivity contribution in [2.45, 2.75) is 57.3 Å². The third-order valence-corrected chi connectivity index (χ3v) is 6.17. The normalized spacial score (nSPS) is 21.2. The molecule has 1 aliphatic rings. The zero-order valence-electron chi connectivity index (χ0n) is 22.4. The van der Waals surface area contributed by atoms with Crippen molar-refractivity contribution < 1.29 is 33.9 Å². The van der Waals surface area contributed by atoms with Gasteiger partial charge in [0.25, 0.3) is 5.91 Å². The topological polar surface area (TPSA) is 238 Å². The third-order valence-electron chi connectivity index (χ3n) is 6.17. The molecule has 0 aliphatic carbocycles. The number of aliphatic imine (C=N–C) groups is 1. The largest absolute Gasteiger partial charge is 0.481 e. The molecule has 2 bridgehead atoms. The number of rotatable bonds is 7. The number of likely N-dealkylation sites (N-methyl/N-ethyl adjacent to an activating group) is 1. The van der Waals surface area contributed by atoms with Gasteiger partial charge in [-0.1, -0.05) is 19.1 Å². The quantitative estimate of drug-likeness (QED) is 0.108. The van der Waals surface area contributed by atoms with Gasteiger partial charge in [-0.05, 0) is 37.0 Å². The molecule has 2 rings (SSSR count). The average molecular weight is 561 g/mol. The summed E-state index contributed by atoms with van der Waals surface area (Å²) in [6.45, 7) is 1.26. The zero-order chi connectivity index (χ0) is 29.8. The molecular formula is C25H36N8O7. The molecule has 3 atom stereocenters. The molecule has 40 heavy (non-hydrogen) atoms. The molecule has 1 heterocycles. The van der Waals surface area contributed by atoms with Crippen LogP contribution in [-0.2, 0) is 30.5 Å². The summed E-state index contributed by atoms with van der Waals surface area (Å²) in [5.41, 5.74) is 11.5. The van der Waals surface area contributed by atoms with Crippen molar-refractivity contribution in [3.63, 3.8) is 0 Å². The van der Waals surface area contributed by atoms with Crippen molar-refractivity contribution in [1.82, 2.24) is 26.2 Å². The maximum atomic E-state index is 13.4. The molecule has 1 aromatic rings. The first-order valence-corrected chi connectivity index (χ1v) is 12.7. The van der Waals surface area contributed by atoms with Gasteiger partial charge >= 0.3 is 5.97 Å².